The van der Waals surface area contributed by atoms with Gasteiger partial charge in [0.05, 0.1) is 20.3 Å². The Hall–Kier alpha value is -3.13. The third kappa shape index (κ3) is 4.35. The summed E-state index contributed by atoms with van der Waals surface area (Å²) in [5.41, 5.74) is 1.60. The van der Waals surface area contributed by atoms with E-state index in [1.807, 2.05) is 12.1 Å². The summed E-state index contributed by atoms with van der Waals surface area (Å²) in [6.45, 7) is 0.172. The van der Waals surface area contributed by atoms with E-state index in [1.54, 1.807) is 37.7 Å². The molecule has 0 bridgehead atoms. The van der Waals surface area contributed by atoms with Crippen LogP contribution < -0.4 is 20.1 Å². The Morgan fingerprint density at radius 2 is 1.96 bits per heavy atom. The third-order valence-electron chi connectivity index (χ3n) is 4.25. The number of ether oxygens (including phenoxy) is 3. The molecule has 2 atom stereocenters. The molecule has 8 nitrogen and oxygen atoms in total. The smallest absolute Gasteiger partial charge is 0.251 e. The highest BCUT2D eigenvalue weighted by Crippen LogP contribution is 2.32. The predicted octanol–water partition coefficient (Wildman–Crippen LogP) is 0.971. The fourth-order valence-corrected chi connectivity index (χ4v) is 2.87. The Kier molecular flexibility index (Phi) is 5.87. The summed E-state index contributed by atoms with van der Waals surface area (Å²) in [6.07, 6.45) is 2.46. The van der Waals surface area contributed by atoms with Gasteiger partial charge in [0, 0.05) is 18.9 Å². The van der Waals surface area contributed by atoms with Crippen molar-refractivity contribution in [2.24, 2.45) is 0 Å². The summed E-state index contributed by atoms with van der Waals surface area (Å²) in [5, 5.41) is 5.65. The number of carbonyl (C=O) groups excluding carboxylic acids is 2. The van der Waals surface area contributed by atoms with Crippen molar-refractivity contribution >= 4 is 11.8 Å². The minimum absolute atomic E-state index is 0.170. The summed E-state index contributed by atoms with van der Waals surface area (Å²) in [5.74, 6) is 0.466. The van der Waals surface area contributed by atoms with E-state index in [0.717, 1.165) is 5.56 Å². The highest BCUT2D eigenvalue weighted by molar-refractivity contribution is 5.86. The first kappa shape index (κ1) is 18.7. The van der Waals surface area contributed by atoms with Gasteiger partial charge in [-0.15, -0.1) is 0 Å². The Morgan fingerprint density at radius 3 is 2.67 bits per heavy atom. The van der Waals surface area contributed by atoms with Crippen LogP contribution in [0.4, 0.5) is 0 Å². The molecule has 1 aliphatic rings. The Labute approximate surface area is 156 Å². The van der Waals surface area contributed by atoms with Gasteiger partial charge in [0.2, 0.25) is 5.91 Å². The second-order valence-electron chi connectivity index (χ2n) is 5.96. The maximum absolute atomic E-state index is 12.7. The van der Waals surface area contributed by atoms with Crippen molar-refractivity contribution in [1.29, 1.82) is 0 Å². The van der Waals surface area contributed by atoms with Gasteiger partial charge in [-0.05, 0) is 35.4 Å². The van der Waals surface area contributed by atoms with Crippen LogP contribution in [0.15, 0.2) is 42.7 Å². The van der Waals surface area contributed by atoms with Crippen molar-refractivity contribution in [2.45, 2.75) is 18.7 Å². The lowest BCUT2D eigenvalue weighted by molar-refractivity contribution is -0.148. The molecule has 1 fully saturated rings. The molecule has 142 valence electrons. The lowest BCUT2D eigenvalue weighted by atomic mass is 9.98. The van der Waals surface area contributed by atoms with Crippen LogP contribution in [0.2, 0.25) is 0 Å². The van der Waals surface area contributed by atoms with Crippen LogP contribution in [-0.2, 0) is 20.9 Å². The van der Waals surface area contributed by atoms with Gasteiger partial charge in [-0.1, -0.05) is 6.07 Å². The molecular weight excluding hydrogens is 350 g/mol. The molecule has 0 saturated carbocycles. The molecule has 1 aromatic carbocycles. The van der Waals surface area contributed by atoms with Crippen LogP contribution >= 0.6 is 0 Å². The number of hydrogen-bond acceptors (Lipinski definition) is 6. The molecule has 2 aromatic rings. The summed E-state index contributed by atoms with van der Waals surface area (Å²) in [7, 11) is 3.06. The Morgan fingerprint density at radius 1 is 1.22 bits per heavy atom. The molecule has 2 amide bonds. The number of nitrogens with zero attached hydrogens (tertiary/aromatic N) is 1. The minimum atomic E-state index is -0.859. The zero-order valence-electron chi connectivity index (χ0n) is 15.1. The number of methoxy groups -OCH3 is 2. The molecule has 3 rings (SSSR count). The second kappa shape index (κ2) is 8.50. The number of benzene rings is 1. The average Bonchev–Trinajstić information content (AvgIpc) is 2.72. The van der Waals surface area contributed by atoms with Crippen molar-refractivity contribution in [2.75, 3.05) is 20.8 Å². The quantitative estimate of drug-likeness (QED) is 0.785. The molecule has 0 unspecified atom stereocenters. The normalized spacial score (nSPS) is 19.1. The van der Waals surface area contributed by atoms with Gasteiger partial charge in [0.1, 0.15) is 6.61 Å². The van der Waals surface area contributed by atoms with Crippen LogP contribution in [0.1, 0.15) is 17.2 Å². The van der Waals surface area contributed by atoms with E-state index in [-0.39, 0.29) is 18.4 Å². The number of amides is 2. The standard InChI is InChI=1S/C19H21N3O5/c1-25-14-4-3-13(9-15(14)26-2)17-18(27-11-16(23)22-17)19(24)21-10-12-5-7-20-8-6-12/h3-9,17-18H,10-11H2,1-2H3,(H,21,24)(H,22,23)/t17-,18+/m1/s1. The van der Waals surface area contributed by atoms with Gasteiger partial charge in [-0.2, -0.15) is 0 Å². The number of pyridine rings is 1. The molecule has 8 heteroatoms. The van der Waals surface area contributed by atoms with Crippen LogP contribution in [0, 0.1) is 0 Å². The zero-order chi connectivity index (χ0) is 19.2. The SMILES string of the molecule is COc1ccc([C@H]2NC(=O)CO[C@@H]2C(=O)NCc2ccncc2)cc1OC. The topological polar surface area (TPSA) is 98.8 Å². The molecular formula is C19H21N3O5. The molecule has 1 aromatic heterocycles. The van der Waals surface area contributed by atoms with Crippen molar-refractivity contribution in [3.05, 3.63) is 53.9 Å². The van der Waals surface area contributed by atoms with E-state index in [1.165, 1.54) is 7.11 Å². The number of nitrogens with one attached hydrogen (secondary N) is 2. The molecule has 27 heavy (non-hydrogen) atoms. The monoisotopic (exact) mass is 371 g/mol. The molecule has 1 saturated heterocycles. The Bertz CT molecular complexity index is 812. The zero-order valence-corrected chi connectivity index (χ0v) is 15.1. The van der Waals surface area contributed by atoms with Crippen molar-refractivity contribution in [1.82, 2.24) is 15.6 Å². The molecule has 0 aliphatic carbocycles. The van der Waals surface area contributed by atoms with Crippen LogP contribution in [-0.4, -0.2) is 43.7 Å². The fourth-order valence-electron chi connectivity index (χ4n) is 2.87. The summed E-state index contributed by atoms with van der Waals surface area (Å²) < 4.78 is 16.1. The molecule has 0 radical (unpaired) electrons. The summed E-state index contributed by atoms with van der Waals surface area (Å²) in [4.78, 5) is 28.5. The third-order valence-corrected chi connectivity index (χ3v) is 4.25. The van der Waals surface area contributed by atoms with Gasteiger partial charge >= 0.3 is 0 Å². The fraction of sp³-hybridized carbons (Fsp3) is 0.316. The minimum Gasteiger partial charge on any atom is -0.493 e. The van der Waals surface area contributed by atoms with E-state index in [0.29, 0.717) is 23.6 Å². The van der Waals surface area contributed by atoms with Gasteiger partial charge in [-0.25, -0.2) is 0 Å². The van der Waals surface area contributed by atoms with Gasteiger partial charge in [-0.3, -0.25) is 14.6 Å². The van der Waals surface area contributed by atoms with Crippen molar-refractivity contribution in [3.63, 3.8) is 0 Å². The number of carbonyl (C=O) groups is 2. The van der Waals surface area contributed by atoms with Crippen molar-refractivity contribution in [3.8, 4) is 11.5 Å². The van der Waals surface area contributed by atoms with Crippen LogP contribution in [0.25, 0.3) is 0 Å². The largest absolute Gasteiger partial charge is 0.493 e. The van der Waals surface area contributed by atoms with Crippen LogP contribution in [0.5, 0.6) is 11.5 Å². The molecule has 2 N–H and O–H groups in total. The highest BCUT2D eigenvalue weighted by Gasteiger charge is 2.36. The average molecular weight is 371 g/mol. The van der Waals surface area contributed by atoms with E-state index in [4.69, 9.17) is 14.2 Å². The van der Waals surface area contributed by atoms with E-state index in [2.05, 4.69) is 15.6 Å². The van der Waals surface area contributed by atoms with Crippen LogP contribution in [0.3, 0.4) is 0 Å². The lowest BCUT2D eigenvalue weighted by Crippen LogP contribution is -2.52. The first-order chi connectivity index (χ1) is 13.1. The van der Waals surface area contributed by atoms with Gasteiger partial charge < -0.3 is 24.8 Å². The van der Waals surface area contributed by atoms with Gasteiger partial charge in [0.25, 0.3) is 5.91 Å². The van der Waals surface area contributed by atoms with Crippen molar-refractivity contribution < 1.29 is 23.8 Å². The number of hydrogen-bond donors (Lipinski definition) is 2. The molecule has 0 spiro atoms. The maximum atomic E-state index is 12.7. The predicted molar refractivity (Wildman–Crippen MR) is 96.3 cm³/mol. The first-order valence-corrected chi connectivity index (χ1v) is 8.42. The van der Waals surface area contributed by atoms with E-state index < -0.39 is 12.1 Å². The number of aromatic nitrogens is 1. The molecule has 1 aliphatic heterocycles. The van der Waals surface area contributed by atoms with E-state index >= 15 is 0 Å². The molecule has 2 heterocycles. The van der Waals surface area contributed by atoms with E-state index in [9.17, 15) is 9.59 Å². The first-order valence-electron chi connectivity index (χ1n) is 8.42. The summed E-state index contributed by atoms with van der Waals surface area (Å²) >= 11 is 0. The Balaban J connectivity index is 1.78. The van der Waals surface area contributed by atoms with Gasteiger partial charge in [0.15, 0.2) is 17.6 Å². The summed E-state index contributed by atoms with van der Waals surface area (Å²) in [6, 6.07) is 8.21. The number of morpholine rings is 1. The second-order valence-corrected chi connectivity index (χ2v) is 5.96. The highest BCUT2D eigenvalue weighted by atomic mass is 16.5. The lowest BCUT2D eigenvalue weighted by Gasteiger charge is -2.32. The maximum Gasteiger partial charge on any atom is 0.251 e. The number of rotatable bonds is 6.